The van der Waals surface area contributed by atoms with Crippen molar-refractivity contribution >= 4 is 28.9 Å². The van der Waals surface area contributed by atoms with E-state index in [1.165, 1.54) is 31.1 Å². The number of benzene rings is 2. The Morgan fingerprint density at radius 3 is 2.16 bits per heavy atom. The minimum Gasteiger partial charge on any atom is -0.508 e. The number of hydrogen-bond acceptors (Lipinski definition) is 9. The number of anilines is 1. The molecule has 13 heteroatoms. The third-order valence-electron chi connectivity index (χ3n) is 8.70. The molecule has 43 heavy (non-hydrogen) atoms. The quantitative estimate of drug-likeness (QED) is 0.332. The third kappa shape index (κ3) is 4.28. The Labute approximate surface area is 244 Å². The minimum absolute atomic E-state index is 0.0694. The van der Waals surface area contributed by atoms with E-state index in [1.807, 2.05) is 0 Å². The van der Waals surface area contributed by atoms with Crippen LogP contribution in [0.25, 0.3) is 16.9 Å². The highest BCUT2D eigenvalue weighted by Gasteiger charge is 2.64. The Kier molecular flexibility index (Phi) is 6.89. The van der Waals surface area contributed by atoms with Crippen LogP contribution in [0.5, 0.6) is 5.75 Å². The predicted octanol–water partition coefficient (Wildman–Crippen LogP) is 2.72. The molecule has 0 unspecified atom stereocenters. The minimum atomic E-state index is -4.58. The number of aliphatic hydroxyl groups is 3. The molecular weight excluding hydrogens is 571 g/mol. The van der Waals surface area contributed by atoms with Crippen molar-refractivity contribution in [3.8, 4) is 16.9 Å². The number of aliphatic hydroxyl groups excluding tert-OH is 2. The topological polar surface area (TPSA) is 165 Å². The van der Waals surface area contributed by atoms with E-state index in [2.05, 4.69) is 0 Å². The molecule has 1 amide bonds. The molecule has 4 atom stereocenters. The number of nitrogens with two attached hydrogens (primary N) is 1. The molecule has 5 rings (SSSR count). The molecule has 0 heterocycles. The number of rotatable bonds is 4. The number of amides is 1. The first-order chi connectivity index (χ1) is 19.9. The second-order valence-electron chi connectivity index (χ2n) is 11.6. The zero-order chi connectivity index (χ0) is 31.9. The van der Waals surface area contributed by atoms with E-state index in [4.69, 9.17) is 5.73 Å². The lowest BCUT2D eigenvalue weighted by Crippen LogP contribution is -2.65. The van der Waals surface area contributed by atoms with Crippen molar-refractivity contribution in [3.05, 3.63) is 63.9 Å². The number of phenolic OH excluding ortho intramolecular Hbond substituents is 1. The SMILES string of the molecule is CN(C)c1cc(-c2ccc(C(F)(F)F)cc2)c(O)c2c1C[C@@H]1C[C@@H]3[C@@H](N(C)C)C(=O)C(C(N)=O)=C(O)[C@]3(O)C(=O)C1=C2O. The number of likely N-dealkylation sites (N-methyl/N-ethyl adjacent to an activating group) is 1. The number of hydrogen-bond donors (Lipinski definition) is 5. The molecule has 228 valence electrons. The first-order valence-electron chi connectivity index (χ1n) is 13.3. The Hall–Kier alpha value is -4.36. The second-order valence-corrected chi connectivity index (χ2v) is 11.6. The zero-order valence-corrected chi connectivity index (χ0v) is 23.7. The van der Waals surface area contributed by atoms with E-state index in [1.54, 1.807) is 25.1 Å². The summed E-state index contributed by atoms with van der Waals surface area (Å²) in [5.41, 5.74) is 1.51. The second kappa shape index (κ2) is 9.85. The molecule has 0 saturated heterocycles. The number of phenols is 1. The van der Waals surface area contributed by atoms with Crippen LogP contribution in [0.1, 0.15) is 23.1 Å². The van der Waals surface area contributed by atoms with Gasteiger partial charge in [0.2, 0.25) is 5.78 Å². The maximum absolute atomic E-state index is 14.1. The fourth-order valence-electron chi connectivity index (χ4n) is 6.75. The summed E-state index contributed by atoms with van der Waals surface area (Å²) in [6, 6.07) is 4.42. The number of fused-ring (bicyclic) bond motifs is 3. The summed E-state index contributed by atoms with van der Waals surface area (Å²) in [6.45, 7) is 0. The van der Waals surface area contributed by atoms with Gasteiger partial charge in [-0.25, -0.2) is 0 Å². The molecule has 2 aromatic rings. The Morgan fingerprint density at radius 2 is 1.65 bits per heavy atom. The molecular formula is C30H30F3N3O7. The van der Waals surface area contributed by atoms with Crippen LogP contribution in [-0.4, -0.2) is 82.6 Å². The summed E-state index contributed by atoms with van der Waals surface area (Å²) in [5, 5.41) is 45.7. The largest absolute Gasteiger partial charge is 0.508 e. The first-order valence-corrected chi connectivity index (χ1v) is 13.3. The zero-order valence-electron chi connectivity index (χ0n) is 23.7. The molecule has 0 spiro atoms. The van der Waals surface area contributed by atoms with Gasteiger partial charge in [-0.1, -0.05) is 12.1 Å². The van der Waals surface area contributed by atoms with Crippen molar-refractivity contribution < 1.29 is 48.0 Å². The summed E-state index contributed by atoms with van der Waals surface area (Å²) in [5.74, 6) is -7.71. The number of Topliss-reactive ketones (excluding diaryl/α,β-unsaturated/α-hetero) is 2. The Bertz CT molecular complexity index is 1640. The van der Waals surface area contributed by atoms with Crippen LogP contribution in [0.15, 0.2) is 47.2 Å². The summed E-state index contributed by atoms with van der Waals surface area (Å²) >= 11 is 0. The van der Waals surface area contributed by atoms with Crippen LogP contribution in [0.4, 0.5) is 18.9 Å². The number of halogens is 3. The summed E-state index contributed by atoms with van der Waals surface area (Å²) in [7, 11) is 6.41. The summed E-state index contributed by atoms with van der Waals surface area (Å²) in [6.07, 6.45) is -4.57. The van der Waals surface area contributed by atoms with Crippen LogP contribution in [0.2, 0.25) is 0 Å². The van der Waals surface area contributed by atoms with Gasteiger partial charge in [-0.05, 0) is 62.2 Å². The van der Waals surface area contributed by atoms with Crippen molar-refractivity contribution in [1.82, 2.24) is 4.90 Å². The van der Waals surface area contributed by atoms with Gasteiger partial charge in [0.05, 0.1) is 17.2 Å². The molecule has 0 radical (unpaired) electrons. The fourth-order valence-corrected chi connectivity index (χ4v) is 6.75. The van der Waals surface area contributed by atoms with E-state index in [9.17, 15) is 48.0 Å². The fraction of sp³-hybridized carbons (Fsp3) is 0.367. The van der Waals surface area contributed by atoms with Gasteiger partial charge in [-0.15, -0.1) is 0 Å². The number of ketones is 2. The lowest BCUT2D eigenvalue weighted by molar-refractivity contribution is -0.153. The third-order valence-corrected chi connectivity index (χ3v) is 8.70. The van der Waals surface area contributed by atoms with Gasteiger partial charge in [-0.2, -0.15) is 13.2 Å². The van der Waals surface area contributed by atoms with Gasteiger partial charge in [0.15, 0.2) is 11.4 Å². The van der Waals surface area contributed by atoms with E-state index < -0.39 is 75.5 Å². The predicted molar refractivity (Wildman–Crippen MR) is 149 cm³/mol. The average Bonchev–Trinajstić information content (AvgIpc) is 2.90. The van der Waals surface area contributed by atoms with Crippen LogP contribution in [-0.2, 0) is 27.0 Å². The number of carbonyl (C=O) groups is 3. The first kappa shape index (κ1) is 30.1. The molecule has 1 fully saturated rings. The highest BCUT2D eigenvalue weighted by atomic mass is 19.4. The number of carbonyl (C=O) groups excluding carboxylic acids is 3. The van der Waals surface area contributed by atoms with Crippen LogP contribution in [0.3, 0.4) is 0 Å². The van der Waals surface area contributed by atoms with E-state index in [0.717, 1.165) is 12.1 Å². The highest BCUT2D eigenvalue weighted by Crippen LogP contribution is 2.55. The van der Waals surface area contributed by atoms with E-state index in [0.29, 0.717) is 11.3 Å². The maximum Gasteiger partial charge on any atom is 0.416 e. The summed E-state index contributed by atoms with van der Waals surface area (Å²) in [4.78, 5) is 42.6. The Balaban J connectivity index is 1.74. The van der Waals surface area contributed by atoms with Gasteiger partial charge in [0.25, 0.3) is 5.91 Å². The number of nitrogens with zero attached hydrogens (tertiary/aromatic N) is 2. The smallest absolute Gasteiger partial charge is 0.416 e. The molecule has 0 aromatic heterocycles. The van der Waals surface area contributed by atoms with Crippen molar-refractivity contribution in [2.24, 2.45) is 17.6 Å². The van der Waals surface area contributed by atoms with Crippen LogP contribution >= 0.6 is 0 Å². The van der Waals surface area contributed by atoms with Crippen molar-refractivity contribution in [3.63, 3.8) is 0 Å². The molecule has 2 aromatic carbocycles. The molecule has 6 N–H and O–H groups in total. The van der Waals surface area contributed by atoms with Crippen LogP contribution < -0.4 is 10.6 Å². The van der Waals surface area contributed by atoms with Gasteiger partial charge in [0, 0.05) is 36.8 Å². The standard InChI is InChI=1S/C30H30F3N3O7/c1-35(2)18-11-15(12-5-7-14(8-6-12)30(31,32)33)23(37)20-16(18)9-13-10-17-22(36(3)4)25(39)21(28(34)42)27(41)29(17,43)26(40)19(13)24(20)38/h5-8,11,13,17,22,37-38,41,43H,9-10H2,1-4H3,(H2,34,42)/t13-,17-,22-,29-/m1/s1. The van der Waals surface area contributed by atoms with Crippen molar-refractivity contribution in [2.75, 3.05) is 33.1 Å². The van der Waals surface area contributed by atoms with Gasteiger partial charge >= 0.3 is 6.18 Å². The molecule has 10 nitrogen and oxygen atoms in total. The van der Waals surface area contributed by atoms with Crippen LogP contribution in [0, 0.1) is 11.8 Å². The summed E-state index contributed by atoms with van der Waals surface area (Å²) < 4.78 is 39.5. The number of primary amides is 1. The lowest BCUT2D eigenvalue weighted by Gasteiger charge is -2.50. The molecule has 0 aliphatic heterocycles. The lowest BCUT2D eigenvalue weighted by atomic mass is 9.57. The molecule has 0 bridgehead atoms. The van der Waals surface area contributed by atoms with Crippen molar-refractivity contribution in [2.45, 2.75) is 30.7 Å². The number of aromatic hydroxyl groups is 1. The van der Waals surface area contributed by atoms with E-state index in [-0.39, 0.29) is 35.1 Å². The molecule has 3 aliphatic rings. The molecule has 1 saturated carbocycles. The highest BCUT2D eigenvalue weighted by molar-refractivity contribution is 6.24. The Morgan fingerprint density at radius 1 is 1.05 bits per heavy atom. The molecule has 3 aliphatic carbocycles. The maximum atomic E-state index is 14.1. The number of alkyl halides is 3. The average molecular weight is 602 g/mol. The normalized spacial score (nSPS) is 25.5. The van der Waals surface area contributed by atoms with Gasteiger partial charge < -0.3 is 31.1 Å². The monoisotopic (exact) mass is 601 g/mol. The van der Waals surface area contributed by atoms with E-state index >= 15 is 0 Å². The van der Waals surface area contributed by atoms with Gasteiger partial charge in [-0.3, -0.25) is 19.3 Å². The van der Waals surface area contributed by atoms with Crippen molar-refractivity contribution in [1.29, 1.82) is 0 Å². The van der Waals surface area contributed by atoms with Gasteiger partial charge in [0.1, 0.15) is 22.8 Å².